The molecule has 288 valence electrons. The largest absolute Gasteiger partial charge is 0.396 e. The van der Waals surface area contributed by atoms with E-state index in [1.807, 2.05) is 32.7 Å². The highest BCUT2D eigenvalue weighted by Crippen LogP contribution is 2.77. The number of ketones is 1. The standard InChI is InChI=1S/C40H63N7O5/c1-36(2,3)31(43-35(52)44-40(15-8-7-9-16-40)34(51)46-19-17-45(6)18-20-46)33(50)47-24-39(23-38(13-10-14-38)37(39,4)5)22-28(47)32(49)42-27-21-25-11-12-26(25)29(41)30(27)48/h25,27-28,31H,7-24,41H2,1-6H3,(H,42,49)(H2,43,44,52)/t25?,27?,28-,31+,39+/m0/s1. The Morgan fingerprint density at radius 1 is 0.923 bits per heavy atom. The molecule has 2 aliphatic heterocycles. The number of likely N-dealkylation sites (N-methyl/N-ethyl adjacent to an activating group) is 1. The highest BCUT2D eigenvalue weighted by Gasteiger charge is 2.73. The summed E-state index contributed by atoms with van der Waals surface area (Å²) in [6.07, 6.45) is 11.2. The summed E-state index contributed by atoms with van der Waals surface area (Å²) in [4.78, 5) is 76.5. The first kappa shape index (κ1) is 37.2. The molecule has 2 spiro atoms. The predicted molar refractivity (Wildman–Crippen MR) is 198 cm³/mol. The number of rotatable bonds is 6. The number of nitrogens with zero attached hydrogens (tertiary/aromatic N) is 3. The van der Waals surface area contributed by atoms with Crippen molar-refractivity contribution < 1.29 is 24.0 Å². The lowest BCUT2D eigenvalue weighted by molar-refractivity contribution is -0.231. The van der Waals surface area contributed by atoms with Crippen molar-refractivity contribution in [2.24, 2.45) is 33.3 Å². The van der Waals surface area contributed by atoms with Crippen molar-refractivity contribution in [3.63, 3.8) is 0 Å². The van der Waals surface area contributed by atoms with Crippen molar-refractivity contribution in [1.29, 1.82) is 0 Å². The van der Waals surface area contributed by atoms with E-state index in [4.69, 9.17) is 5.73 Å². The Labute approximate surface area is 309 Å². The van der Waals surface area contributed by atoms with E-state index in [-0.39, 0.29) is 45.7 Å². The van der Waals surface area contributed by atoms with Gasteiger partial charge in [-0.25, -0.2) is 4.79 Å². The number of carbonyl (C=O) groups is 5. The molecule has 7 rings (SSSR count). The normalized spacial score (nSPS) is 32.7. The number of likely N-dealkylation sites (tertiary alicyclic amines) is 1. The molecule has 12 heteroatoms. The third-order valence-electron chi connectivity index (χ3n) is 15.3. The van der Waals surface area contributed by atoms with Gasteiger partial charge in [0.15, 0.2) is 0 Å². The molecule has 0 aromatic rings. The maximum absolute atomic E-state index is 15.0. The first-order valence-electron chi connectivity index (χ1n) is 20.1. The molecular formula is C40H63N7O5. The maximum atomic E-state index is 15.0. The van der Waals surface area contributed by atoms with Crippen LogP contribution >= 0.6 is 0 Å². The molecule has 0 radical (unpaired) electrons. The van der Waals surface area contributed by atoms with Gasteiger partial charge >= 0.3 is 6.03 Å². The first-order chi connectivity index (χ1) is 24.4. The highest BCUT2D eigenvalue weighted by molar-refractivity contribution is 6.03. The van der Waals surface area contributed by atoms with Crippen LogP contribution in [-0.4, -0.2) is 108 Å². The Bertz CT molecular complexity index is 1530. The van der Waals surface area contributed by atoms with Crippen LogP contribution in [0.25, 0.3) is 0 Å². The van der Waals surface area contributed by atoms with Crippen LogP contribution in [0.15, 0.2) is 11.3 Å². The van der Waals surface area contributed by atoms with E-state index in [2.05, 4.69) is 34.7 Å². The third-order valence-corrected chi connectivity index (χ3v) is 15.3. The Morgan fingerprint density at radius 2 is 1.60 bits per heavy atom. The molecule has 2 unspecified atom stereocenters. The van der Waals surface area contributed by atoms with Crippen LogP contribution in [-0.2, 0) is 19.2 Å². The molecular weight excluding hydrogens is 658 g/mol. The van der Waals surface area contributed by atoms with Crippen LogP contribution < -0.4 is 21.7 Å². The molecule has 5 N–H and O–H groups in total. The van der Waals surface area contributed by atoms with E-state index in [9.17, 15) is 24.0 Å². The second-order valence-corrected chi connectivity index (χ2v) is 19.4. The van der Waals surface area contributed by atoms with Gasteiger partial charge in [-0.1, -0.05) is 60.3 Å². The molecule has 4 saturated carbocycles. The topological polar surface area (TPSA) is 157 Å². The summed E-state index contributed by atoms with van der Waals surface area (Å²) in [5.74, 6) is -0.658. The van der Waals surface area contributed by atoms with E-state index in [1.54, 1.807) is 4.90 Å². The number of piperazine rings is 1. The number of nitrogens with one attached hydrogen (secondary N) is 3. The van der Waals surface area contributed by atoms with Crippen molar-refractivity contribution >= 4 is 29.5 Å². The Hall–Kier alpha value is -3.15. The van der Waals surface area contributed by atoms with Gasteiger partial charge in [0.25, 0.3) is 0 Å². The second kappa shape index (κ2) is 13.0. The van der Waals surface area contributed by atoms with Crippen LogP contribution in [0.2, 0.25) is 0 Å². The zero-order valence-corrected chi connectivity index (χ0v) is 32.5. The number of carbonyl (C=O) groups excluding carboxylic acids is 5. The number of allylic oxidation sites excluding steroid dienone is 1. The summed E-state index contributed by atoms with van der Waals surface area (Å²) >= 11 is 0. The molecule has 2 heterocycles. The van der Waals surface area contributed by atoms with Crippen molar-refractivity contribution in [2.75, 3.05) is 39.8 Å². The summed E-state index contributed by atoms with van der Waals surface area (Å²) in [6.45, 7) is 13.6. The van der Waals surface area contributed by atoms with Crippen LogP contribution in [0.4, 0.5) is 4.79 Å². The average molecular weight is 722 g/mol. The minimum absolute atomic E-state index is 0.0359. The fourth-order valence-corrected chi connectivity index (χ4v) is 11.3. The van der Waals surface area contributed by atoms with Gasteiger partial charge in [0.2, 0.25) is 23.5 Å². The van der Waals surface area contributed by atoms with Crippen LogP contribution in [0.1, 0.15) is 118 Å². The van der Waals surface area contributed by atoms with Gasteiger partial charge in [-0.2, -0.15) is 0 Å². The zero-order chi connectivity index (χ0) is 37.4. The van der Waals surface area contributed by atoms with Gasteiger partial charge in [-0.3, -0.25) is 19.2 Å². The van der Waals surface area contributed by atoms with Gasteiger partial charge in [-0.15, -0.1) is 0 Å². The molecule has 7 aliphatic rings. The van der Waals surface area contributed by atoms with E-state index >= 15 is 0 Å². The lowest BCUT2D eigenvalue weighted by atomic mass is 9.32. The fourth-order valence-electron chi connectivity index (χ4n) is 11.3. The van der Waals surface area contributed by atoms with Crippen molar-refractivity contribution in [1.82, 2.24) is 30.7 Å². The maximum Gasteiger partial charge on any atom is 0.316 e. The summed E-state index contributed by atoms with van der Waals surface area (Å²) in [5, 5.41) is 9.21. The molecule has 0 aromatic carbocycles. The molecule has 0 bridgehead atoms. The fraction of sp³-hybridized carbons (Fsp3) is 0.825. The number of Topliss-reactive ketones (excluding diaryl/α,β-unsaturated/α-hetero) is 1. The molecule has 2 saturated heterocycles. The number of hydrogen-bond acceptors (Lipinski definition) is 7. The van der Waals surface area contributed by atoms with E-state index in [1.165, 1.54) is 19.3 Å². The minimum Gasteiger partial charge on any atom is -0.396 e. The second-order valence-electron chi connectivity index (χ2n) is 19.4. The molecule has 12 nitrogen and oxygen atoms in total. The molecule has 52 heavy (non-hydrogen) atoms. The first-order valence-corrected chi connectivity index (χ1v) is 20.1. The highest BCUT2D eigenvalue weighted by atomic mass is 16.2. The summed E-state index contributed by atoms with van der Waals surface area (Å²) in [5.41, 5.74) is 5.76. The predicted octanol–water partition coefficient (Wildman–Crippen LogP) is 3.45. The lowest BCUT2D eigenvalue weighted by Gasteiger charge is -2.72. The third kappa shape index (κ3) is 5.93. The summed E-state index contributed by atoms with van der Waals surface area (Å²) in [7, 11) is 2.05. The van der Waals surface area contributed by atoms with E-state index < -0.39 is 35.1 Å². The zero-order valence-electron chi connectivity index (χ0n) is 32.5. The monoisotopic (exact) mass is 721 g/mol. The van der Waals surface area contributed by atoms with Crippen LogP contribution in [0.5, 0.6) is 0 Å². The van der Waals surface area contributed by atoms with Crippen LogP contribution in [0.3, 0.4) is 0 Å². The molecule has 5 atom stereocenters. The summed E-state index contributed by atoms with van der Waals surface area (Å²) < 4.78 is 0. The Balaban J connectivity index is 1.12. The van der Waals surface area contributed by atoms with Crippen molar-refractivity contribution in [3.8, 4) is 0 Å². The SMILES string of the molecule is CN1CCN(C(=O)C2(NC(=O)N[C@H](C(=O)N3C[C@@]4(C[C@H]3C(=O)NC3CC5CCC5=C(N)C3=O)CC3(CCC3)C4(C)C)C(C)(C)C)CCCCC2)CC1. The van der Waals surface area contributed by atoms with Gasteiger partial charge in [0, 0.05) is 32.7 Å². The number of nitrogens with two attached hydrogens (primary N) is 1. The van der Waals surface area contributed by atoms with Gasteiger partial charge in [-0.05, 0) is 98.0 Å². The molecule has 6 fully saturated rings. The number of fused-ring (bicyclic) bond motifs is 1. The average Bonchev–Trinajstić information content (AvgIpc) is 3.48. The van der Waals surface area contributed by atoms with Gasteiger partial charge in [0.1, 0.15) is 17.6 Å². The molecule has 0 aromatic heterocycles. The van der Waals surface area contributed by atoms with Gasteiger partial charge < -0.3 is 36.4 Å². The van der Waals surface area contributed by atoms with E-state index in [0.29, 0.717) is 51.0 Å². The minimum atomic E-state index is -1.01. The van der Waals surface area contributed by atoms with Crippen molar-refractivity contribution in [2.45, 2.75) is 142 Å². The van der Waals surface area contributed by atoms with E-state index in [0.717, 1.165) is 57.2 Å². The number of hydrogen-bond donors (Lipinski definition) is 4. The smallest absolute Gasteiger partial charge is 0.316 e. The van der Waals surface area contributed by atoms with Crippen LogP contribution in [0, 0.1) is 27.6 Å². The molecule has 5 aliphatic carbocycles. The Morgan fingerprint density at radius 3 is 2.15 bits per heavy atom. The van der Waals surface area contributed by atoms with Crippen molar-refractivity contribution in [3.05, 3.63) is 11.3 Å². The number of amides is 5. The Kier molecular flexibility index (Phi) is 9.30. The summed E-state index contributed by atoms with van der Waals surface area (Å²) in [6, 6.07) is -2.96. The van der Waals surface area contributed by atoms with Gasteiger partial charge in [0.05, 0.1) is 11.7 Å². The number of urea groups is 1. The molecule has 5 amide bonds. The lowest BCUT2D eigenvalue weighted by Crippen LogP contribution is -2.67. The quantitative estimate of drug-likeness (QED) is 0.328.